The van der Waals surface area contributed by atoms with Gasteiger partial charge in [-0.2, -0.15) is 0 Å². The monoisotopic (exact) mass is 453 g/mol. The van der Waals surface area contributed by atoms with Gasteiger partial charge in [0.05, 0.1) is 11.1 Å². The van der Waals surface area contributed by atoms with Gasteiger partial charge in [-0.05, 0) is 49.2 Å². The minimum Gasteiger partial charge on any atom is -0.324 e. The first kappa shape index (κ1) is 21.1. The highest BCUT2D eigenvalue weighted by Gasteiger charge is 2.19. The number of fused-ring (bicyclic) bond motifs is 1. The van der Waals surface area contributed by atoms with Crippen molar-refractivity contribution in [3.8, 4) is 5.69 Å². The molecule has 0 saturated carbocycles. The number of hydrogen-bond acceptors (Lipinski definition) is 4. The van der Waals surface area contributed by atoms with E-state index in [1.165, 1.54) is 15.9 Å². The maximum Gasteiger partial charge on any atom is 0.337 e. The molecular weight excluding hydrogens is 434 g/mol. The smallest absolute Gasteiger partial charge is 0.324 e. The highest BCUT2D eigenvalue weighted by Crippen LogP contribution is 2.24. The van der Waals surface area contributed by atoms with Gasteiger partial charge >= 0.3 is 5.69 Å². The first-order valence-electron chi connectivity index (χ1n) is 9.78. The summed E-state index contributed by atoms with van der Waals surface area (Å²) < 4.78 is 2.43. The zero-order valence-electron chi connectivity index (χ0n) is 17.0. The molecule has 158 valence electrons. The van der Waals surface area contributed by atoms with Crippen LogP contribution in [0.15, 0.2) is 64.2 Å². The number of para-hydroxylation sites is 1. The van der Waals surface area contributed by atoms with E-state index in [1.54, 1.807) is 36.4 Å². The molecule has 2 aromatic carbocycles. The van der Waals surface area contributed by atoms with E-state index in [4.69, 9.17) is 11.6 Å². The average molecular weight is 454 g/mol. The van der Waals surface area contributed by atoms with Gasteiger partial charge in [0.25, 0.3) is 5.56 Å². The van der Waals surface area contributed by atoms with Gasteiger partial charge in [0.1, 0.15) is 11.4 Å². The molecule has 1 N–H and O–H groups in total. The van der Waals surface area contributed by atoms with Crippen LogP contribution in [0.2, 0.25) is 5.02 Å². The SMILES string of the molecule is CCc1cc2c(=O)n(-c3cccc(Cl)c3)c(=O)n(CC(=O)Nc3ccccc3C)c2s1. The second-order valence-corrected chi connectivity index (χ2v) is 8.69. The normalized spacial score (nSPS) is 11.1. The van der Waals surface area contributed by atoms with Gasteiger partial charge in [0, 0.05) is 15.6 Å². The first-order chi connectivity index (χ1) is 14.9. The predicted molar refractivity (Wildman–Crippen MR) is 126 cm³/mol. The Bertz CT molecular complexity index is 1420. The number of rotatable bonds is 5. The number of aryl methyl sites for hydroxylation is 2. The maximum absolute atomic E-state index is 13.4. The third-order valence-corrected chi connectivity index (χ3v) is 6.54. The molecule has 2 heterocycles. The molecule has 0 bridgehead atoms. The van der Waals surface area contributed by atoms with E-state index in [2.05, 4.69) is 5.32 Å². The van der Waals surface area contributed by atoms with Crippen molar-refractivity contribution < 1.29 is 4.79 Å². The van der Waals surface area contributed by atoms with E-state index in [1.807, 2.05) is 32.0 Å². The lowest BCUT2D eigenvalue weighted by Crippen LogP contribution is -2.40. The Hall–Kier alpha value is -3.16. The van der Waals surface area contributed by atoms with Crippen LogP contribution in [0.25, 0.3) is 15.9 Å². The lowest BCUT2D eigenvalue weighted by Gasteiger charge is -2.13. The standard InChI is InChI=1S/C23H20ClN3O3S/c1-3-17-12-18-21(29)27(16-9-6-8-15(24)11-16)23(30)26(22(18)31-17)13-20(28)25-19-10-5-4-7-14(19)2/h4-12H,3,13H2,1-2H3,(H,25,28). The summed E-state index contributed by atoms with van der Waals surface area (Å²) in [5.74, 6) is -0.347. The van der Waals surface area contributed by atoms with Crippen molar-refractivity contribution in [1.29, 1.82) is 0 Å². The maximum atomic E-state index is 13.4. The summed E-state index contributed by atoms with van der Waals surface area (Å²) in [5, 5.41) is 3.67. The zero-order valence-corrected chi connectivity index (χ0v) is 18.6. The summed E-state index contributed by atoms with van der Waals surface area (Å²) in [6.45, 7) is 3.66. The van der Waals surface area contributed by atoms with Gasteiger partial charge in [-0.15, -0.1) is 11.3 Å². The van der Waals surface area contributed by atoms with Gasteiger partial charge in [-0.3, -0.25) is 14.2 Å². The summed E-state index contributed by atoms with van der Waals surface area (Å²) in [6.07, 6.45) is 0.722. The largest absolute Gasteiger partial charge is 0.337 e. The summed E-state index contributed by atoms with van der Waals surface area (Å²) in [7, 11) is 0. The van der Waals surface area contributed by atoms with Crippen molar-refractivity contribution in [2.24, 2.45) is 0 Å². The van der Waals surface area contributed by atoms with E-state index in [0.717, 1.165) is 21.4 Å². The van der Waals surface area contributed by atoms with Crippen molar-refractivity contribution in [1.82, 2.24) is 9.13 Å². The quantitative estimate of drug-likeness (QED) is 0.487. The highest BCUT2D eigenvalue weighted by atomic mass is 35.5. The van der Waals surface area contributed by atoms with Gasteiger partial charge in [-0.1, -0.05) is 42.8 Å². The fourth-order valence-electron chi connectivity index (χ4n) is 3.40. The summed E-state index contributed by atoms with van der Waals surface area (Å²) in [4.78, 5) is 40.8. The van der Waals surface area contributed by atoms with Gasteiger partial charge < -0.3 is 5.32 Å². The van der Waals surface area contributed by atoms with Gasteiger partial charge in [0.15, 0.2) is 0 Å². The Kier molecular flexibility index (Phi) is 5.80. The molecule has 31 heavy (non-hydrogen) atoms. The Morgan fingerprint density at radius 3 is 2.58 bits per heavy atom. The molecule has 6 nitrogen and oxygen atoms in total. The number of benzene rings is 2. The third kappa shape index (κ3) is 4.06. The van der Waals surface area contributed by atoms with Crippen LogP contribution in [0, 0.1) is 6.92 Å². The van der Waals surface area contributed by atoms with Crippen molar-refractivity contribution >= 4 is 44.7 Å². The Morgan fingerprint density at radius 2 is 1.87 bits per heavy atom. The molecule has 0 atom stereocenters. The molecule has 0 aliphatic rings. The number of carbonyl (C=O) groups is 1. The number of hydrogen-bond donors (Lipinski definition) is 1. The number of thiophene rings is 1. The minimum atomic E-state index is -0.579. The van der Waals surface area contributed by atoms with Gasteiger partial charge in [-0.25, -0.2) is 9.36 Å². The van der Waals surface area contributed by atoms with E-state index in [-0.39, 0.29) is 12.5 Å². The molecule has 4 rings (SSSR count). The Morgan fingerprint density at radius 1 is 1.10 bits per heavy atom. The van der Waals surface area contributed by atoms with E-state index >= 15 is 0 Å². The lowest BCUT2D eigenvalue weighted by atomic mass is 10.2. The second kappa shape index (κ2) is 8.53. The molecule has 0 radical (unpaired) electrons. The number of nitrogens with one attached hydrogen (secondary N) is 1. The molecule has 0 saturated heterocycles. The van der Waals surface area contributed by atoms with Crippen molar-refractivity contribution in [2.75, 3.05) is 5.32 Å². The van der Waals surface area contributed by atoms with Gasteiger partial charge in [0.2, 0.25) is 5.91 Å². The molecule has 0 aliphatic heterocycles. The number of anilines is 1. The molecule has 4 aromatic rings. The zero-order chi connectivity index (χ0) is 22.1. The van der Waals surface area contributed by atoms with E-state index < -0.39 is 11.2 Å². The van der Waals surface area contributed by atoms with Crippen LogP contribution in [0.1, 0.15) is 17.4 Å². The van der Waals surface area contributed by atoms with Crippen LogP contribution in [-0.4, -0.2) is 15.0 Å². The van der Waals surface area contributed by atoms with E-state index in [0.29, 0.717) is 26.6 Å². The number of carbonyl (C=O) groups excluding carboxylic acids is 1. The topological polar surface area (TPSA) is 73.1 Å². The molecular formula is C23H20ClN3O3S. The van der Waals surface area contributed by atoms with E-state index in [9.17, 15) is 14.4 Å². The Labute approximate surface area is 187 Å². The van der Waals surface area contributed by atoms with Crippen molar-refractivity contribution in [3.05, 3.63) is 90.9 Å². The number of aromatic nitrogens is 2. The van der Waals surface area contributed by atoms with Crippen LogP contribution in [-0.2, 0) is 17.8 Å². The predicted octanol–water partition coefficient (Wildman–Crippen LogP) is 4.38. The van der Waals surface area contributed by atoms with Crippen LogP contribution in [0.3, 0.4) is 0 Å². The number of halogens is 1. The van der Waals surface area contributed by atoms with Crippen molar-refractivity contribution in [3.63, 3.8) is 0 Å². The Balaban J connectivity index is 1.86. The average Bonchev–Trinajstić information content (AvgIpc) is 3.18. The molecule has 0 unspecified atom stereocenters. The van der Waals surface area contributed by atoms with Crippen LogP contribution in [0.5, 0.6) is 0 Å². The fourth-order valence-corrected chi connectivity index (χ4v) is 4.67. The first-order valence-corrected chi connectivity index (χ1v) is 11.0. The number of nitrogens with zero attached hydrogens (tertiary/aromatic N) is 2. The summed E-state index contributed by atoms with van der Waals surface area (Å²) in [5.41, 5.74) is 0.960. The van der Waals surface area contributed by atoms with Crippen molar-refractivity contribution in [2.45, 2.75) is 26.8 Å². The fraction of sp³-hybridized carbons (Fsp3) is 0.174. The highest BCUT2D eigenvalue weighted by molar-refractivity contribution is 7.18. The van der Waals surface area contributed by atoms with Crippen LogP contribution >= 0.6 is 22.9 Å². The lowest BCUT2D eigenvalue weighted by molar-refractivity contribution is -0.116. The molecule has 2 aromatic heterocycles. The molecule has 8 heteroatoms. The molecule has 1 amide bonds. The summed E-state index contributed by atoms with van der Waals surface area (Å²) in [6, 6.07) is 15.8. The van der Waals surface area contributed by atoms with Crippen LogP contribution in [0.4, 0.5) is 5.69 Å². The van der Waals surface area contributed by atoms with Crippen LogP contribution < -0.4 is 16.6 Å². The molecule has 0 spiro atoms. The number of amides is 1. The molecule has 0 aliphatic carbocycles. The molecule has 0 fully saturated rings. The summed E-state index contributed by atoms with van der Waals surface area (Å²) >= 11 is 7.44. The second-order valence-electron chi connectivity index (χ2n) is 7.14. The minimum absolute atomic E-state index is 0.214. The third-order valence-electron chi connectivity index (χ3n) is 5.00.